The number of benzene rings is 1. The molecule has 0 saturated heterocycles. The van der Waals surface area contributed by atoms with Crippen molar-refractivity contribution in [2.45, 2.75) is 51.6 Å². The Balaban J connectivity index is 0.00000182. The van der Waals surface area contributed by atoms with Crippen LogP contribution in [0.1, 0.15) is 49.7 Å². The van der Waals surface area contributed by atoms with E-state index in [4.69, 9.17) is 5.73 Å². The summed E-state index contributed by atoms with van der Waals surface area (Å²) < 4.78 is 1.78. The van der Waals surface area contributed by atoms with Gasteiger partial charge in [0.2, 0.25) is 5.91 Å². The summed E-state index contributed by atoms with van der Waals surface area (Å²) in [6.07, 6.45) is 9.59. The zero-order valence-corrected chi connectivity index (χ0v) is 17.1. The molecule has 0 spiro atoms. The third-order valence-electron chi connectivity index (χ3n) is 5.21. The molecule has 8 heteroatoms. The second-order valence-corrected chi connectivity index (χ2v) is 7.13. The van der Waals surface area contributed by atoms with Crippen LogP contribution in [0, 0.1) is 5.41 Å². The second-order valence-electron chi connectivity index (χ2n) is 7.13. The lowest BCUT2D eigenvalue weighted by molar-refractivity contribution is -0.124. The standard InChI is InChI=1S/C19H27N5O.2ClH/c20-13-19(8-2-1-3-9-19)10-18(25)22-11-16-4-6-17(7-5-16)12-24-15-21-14-23-24;;/h4-7,14-15H,1-3,8-13,20H2,(H,22,25);2*1H. The summed E-state index contributed by atoms with van der Waals surface area (Å²) >= 11 is 0. The van der Waals surface area contributed by atoms with E-state index in [1.807, 2.05) is 12.1 Å². The number of nitrogens with one attached hydrogen (secondary N) is 1. The molecule has 1 amide bonds. The Morgan fingerprint density at radius 3 is 2.37 bits per heavy atom. The van der Waals surface area contributed by atoms with Crippen molar-refractivity contribution in [2.24, 2.45) is 11.1 Å². The maximum Gasteiger partial charge on any atom is 0.220 e. The number of nitrogens with zero attached hydrogens (tertiary/aromatic N) is 3. The molecule has 0 radical (unpaired) electrons. The minimum atomic E-state index is 0. The Bertz CT molecular complexity index is 670. The van der Waals surface area contributed by atoms with Crippen molar-refractivity contribution in [3.05, 3.63) is 48.0 Å². The Kier molecular flexibility index (Phi) is 9.77. The van der Waals surface area contributed by atoms with Crippen molar-refractivity contribution in [1.29, 1.82) is 0 Å². The van der Waals surface area contributed by atoms with Crippen LogP contribution in [-0.2, 0) is 17.9 Å². The van der Waals surface area contributed by atoms with E-state index in [0.29, 0.717) is 26.1 Å². The highest BCUT2D eigenvalue weighted by Crippen LogP contribution is 2.38. The van der Waals surface area contributed by atoms with E-state index < -0.39 is 0 Å². The maximum absolute atomic E-state index is 12.3. The molecule has 1 aromatic heterocycles. The van der Waals surface area contributed by atoms with Crippen LogP contribution in [0.3, 0.4) is 0 Å². The molecule has 1 aliphatic carbocycles. The van der Waals surface area contributed by atoms with E-state index in [9.17, 15) is 4.79 Å². The fourth-order valence-corrected chi connectivity index (χ4v) is 3.62. The lowest BCUT2D eigenvalue weighted by Crippen LogP contribution is -2.38. The molecule has 0 atom stereocenters. The van der Waals surface area contributed by atoms with Crippen LogP contribution in [0.2, 0.25) is 0 Å². The summed E-state index contributed by atoms with van der Waals surface area (Å²) in [7, 11) is 0. The molecule has 6 nitrogen and oxygen atoms in total. The number of rotatable bonds is 7. The number of nitrogens with two attached hydrogens (primary N) is 1. The highest BCUT2D eigenvalue weighted by atomic mass is 35.5. The minimum Gasteiger partial charge on any atom is -0.352 e. The van der Waals surface area contributed by atoms with Gasteiger partial charge in [-0.15, -0.1) is 24.8 Å². The van der Waals surface area contributed by atoms with E-state index in [1.165, 1.54) is 25.6 Å². The number of hydrogen-bond acceptors (Lipinski definition) is 4. The molecular formula is C19H29Cl2N5O. The van der Waals surface area contributed by atoms with E-state index in [1.54, 1.807) is 11.0 Å². The summed E-state index contributed by atoms with van der Waals surface area (Å²) in [5, 5.41) is 7.15. The van der Waals surface area contributed by atoms with Crippen molar-refractivity contribution >= 4 is 30.7 Å². The molecule has 150 valence electrons. The molecule has 1 aliphatic rings. The highest BCUT2D eigenvalue weighted by molar-refractivity contribution is 5.85. The van der Waals surface area contributed by atoms with Gasteiger partial charge in [0, 0.05) is 13.0 Å². The molecular weight excluding hydrogens is 385 g/mol. The number of halogens is 2. The van der Waals surface area contributed by atoms with Gasteiger partial charge in [-0.25, -0.2) is 9.67 Å². The summed E-state index contributed by atoms with van der Waals surface area (Å²) in [6, 6.07) is 8.22. The van der Waals surface area contributed by atoms with E-state index in [2.05, 4.69) is 27.5 Å². The van der Waals surface area contributed by atoms with Crippen molar-refractivity contribution in [1.82, 2.24) is 20.1 Å². The first-order chi connectivity index (χ1) is 12.2. The van der Waals surface area contributed by atoms with Crippen LogP contribution in [0.25, 0.3) is 0 Å². The van der Waals surface area contributed by atoms with Crippen LogP contribution in [-0.4, -0.2) is 27.2 Å². The minimum absolute atomic E-state index is 0. The maximum atomic E-state index is 12.3. The Morgan fingerprint density at radius 1 is 1.11 bits per heavy atom. The number of carbonyl (C=O) groups excluding carboxylic acids is 1. The van der Waals surface area contributed by atoms with Gasteiger partial charge in [-0.05, 0) is 35.9 Å². The average molecular weight is 414 g/mol. The molecule has 0 bridgehead atoms. The Hall–Kier alpha value is -1.63. The van der Waals surface area contributed by atoms with Gasteiger partial charge < -0.3 is 11.1 Å². The highest BCUT2D eigenvalue weighted by Gasteiger charge is 2.32. The van der Waals surface area contributed by atoms with Gasteiger partial charge in [0.1, 0.15) is 12.7 Å². The summed E-state index contributed by atoms with van der Waals surface area (Å²) in [4.78, 5) is 16.3. The smallest absolute Gasteiger partial charge is 0.220 e. The number of aromatic nitrogens is 3. The van der Waals surface area contributed by atoms with Crippen LogP contribution >= 0.6 is 24.8 Å². The van der Waals surface area contributed by atoms with E-state index in [0.717, 1.165) is 24.0 Å². The van der Waals surface area contributed by atoms with Crippen molar-refractivity contribution < 1.29 is 4.79 Å². The zero-order chi connectivity index (χ0) is 17.5. The van der Waals surface area contributed by atoms with Gasteiger partial charge in [-0.3, -0.25) is 4.79 Å². The van der Waals surface area contributed by atoms with Gasteiger partial charge in [0.15, 0.2) is 0 Å². The largest absolute Gasteiger partial charge is 0.352 e. The summed E-state index contributed by atoms with van der Waals surface area (Å²) in [5.74, 6) is 0.110. The molecule has 2 aromatic rings. The van der Waals surface area contributed by atoms with Crippen molar-refractivity contribution in [3.8, 4) is 0 Å². The molecule has 1 saturated carbocycles. The fourth-order valence-electron chi connectivity index (χ4n) is 3.62. The number of carbonyl (C=O) groups is 1. The van der Waals surface area contributed by atoms with Crippen LogP contribution in [0.5, 0.6) is 0 Å². The van der Waals surface area contributed by atoms with Crippen LogP contribution < -0.4 is 11.1 Å². The molecule has 3 rings (SSSR count). The predicted molar refractivity (Wildman–Crippen MR) is 111 cm³/mol. The Labute approximate surface area is 173 Å². The Morgan fingerprint density at radius 2 is 1.78 bits per heavy atom. The van der Waals surface area contributed by atoms with Crippen molar-refractivity contribution in [3.63, 3.8) is 0 Å². The molecule has 1 fully saturated rings. The molecule has 27 heavy (non-hydrogen) atoms. The normalized spacial score (nSPS) is 15.3. The van der Waals surface area contributed by atoms with Gasteiger partial charge in [0.05, 0.1) is 6.54 Å². The van der Waals surface area contributed by atoms with E-state index in [-0.39, 0.29) is 36.1 Å². The van der Waals surface area contributed by atoms with Gasteiger partial charge in [-0.2, -0.15) is 5.10 Å². The first-order valence-electron chi connectivity index (χ1n) is 9.06. The lowest BCUT2D eigenvalue weighted by Gasteiger charge is -2.35. The first-order valence-corrected chi connectivity index (χ1v) is 9.06. The third kappa shape index (κ3) is 6.79. The summed E-state index contributed by atoms with van der Waals surface area (Å²) in [5.41, 5.74) is 8.25. The molecule has 1 aromatic carbocycles. The lowest BCUT2D eigenvalue weighted by atomic mass is 9.71. The number of amides is 1. The molecule has 1 heterocycles. The molecule has 0 aliphatic heterocycles. The van der Waals surface area contributed by atoms with Gasteiger partial charge >= 0.3 is 0 Å². The van der Waals surface area contributed by atoms with Gasteiger partial charge in [-0.1, -0.05) is 43.5 Å². The van der Waals surface area contributed by atoms with Gasteiger partial charge in [0.25, 0.3) is 0 Å². The quantitative estimate of drug-likeness (QED) is 0.729. The topological polar surface area (TPSA) is 85.8 Å². The third-order valence-corrected chi connectivity index (χ3v) is 5.21. The van der Waals surface area contributed by atoms with Crippen LogP contribution in [0.15, 0.2) is 36.9 Å². The van der Waals surface area contributed by atoms with Crippen LogP contribution in [0.4, 0.5) is 0 Å². The van der Waals surface area contributed by atoms with E-state index >= 15 is 0 Å². The molecule has 3 N–H and O–H groups in total. The zero-order valence-electron chi connectivity index (χ0n) is 15.5. The fraction of sp³-hybridized carbons (Fsp3) is 0.526. The monoisotopic (exact) mass is 413 g/mol. The summed E-state index contributed by atoms with van der Waals surface area (Å²) in [6.45, 7) is 1.87. The average Bonchev–Trinajstić information content (AvgIpc) is 3.15. The van der Waals surface area contributed by atoms with Crippen molar-refractivity contribution in [2.75, 3.05) is 6.54 Å². The number of hydrogen-bond donors (Lipinski definition) is 2. The predicted octanol–water partition coefficient (Wildman–Crippen LogP) is 3.09. The molecule has 0 unspecified atom stereocenters. The SMILES string of the molecule is Cl.Cl.NCC1(CC(=O)NCc2ccc(Cn3cncn3)cc2)CCCCC1. The first kappa shape index (κ1) is 23.4. The second kappa shape index (κ2) is 11.3.